The number of halogens is 1. The number of methoxy groups -OCH3 is 2. The Kier molecular flexibility index (Phi) is 12.3. The predicted octanol–water partition coefficient (Wildman–Crippen LogP) is 4.41. The van der Waals surface area contributed by atoms with Crippen molar-refractivity contribution in [1.82, 2.24) is 0 Å². The van der Waals surface area contributed by atoms with E-state index in [1.807, 2.05) is 33.8 Å². The molecule has 0 aromatic heterocycles. The number of hydrogen-bond acceptors (Lipinski definition) is 2. The van der Waals surface area contributed by atoms with Gasteiger partial charge in [-0.3, -0.25) is 0 Å². The normalized spacial score (nSPS) is 7.67. The first-order valence-electron chi connectivity index (χ1n) is 5.16. The Morgan fingerprint density at radius 3 is 1.80 bits per heavy atom. The molecule has 2 nitrogen and oxygen atoms in total. The van der Waals surface area contributed by atoms with Crippen LogP contribution in [-0.4, -0.2) is 14.2 Å². The average Bonchev–Trinajstić information content (AvgIpc) is 2.33. The van der Waals surface area contributed by atoms with Crippen LogP contribution < -0.4 is 9.47 Å². The third kappa shape index (κ3) is 5.53. The molecule has 0 spiro atoms. The maximum absolute atomic E-state index is 5.80. The molecule has 0 fully saturated rings. The van der Waals surface area contributed by atoms with Crippen LogP contribution >= 0.6 is 11.6 Å². The molecule has 0 atom stereocenters. The van der Waals surface area contributed by atoms with Gasteiger partial charge in [-0.05, 0) is 12.1 Å². The van der Waals surface area contributed by atoms with Crippen molar-refractivity contribution in [3.05, 3.63) is 23.2 Å². The third-order valence-corrected chi connectivity index (χ3v) is 1.65. The Labute approximate surface area is 98.2 Å². The molecule has 0 N–H and O–H groups in total. The zero-order valence-electron chi connectivity index (χ0n) is 10.4. The Balaban J connectivity index is 0. The van der Waals surface area contributed by atoms with Crippen LogP contribution in [0, 0.1) is 0 Å². The Morgan fingerprint density at radius 2 is 1.47 bits per heavy atom. The van der Waals surface area contributed by atoms with Crippen LogP contribution in [-0.2, 0) is 0 Å². The molecule has 0 saturated heterocycles. The predicted molar refractivity (Wildman–Crippen MR) is 67.3 cm³/mol. The van der Waals surface area contributed by atoms with Crippen molar-refractivity contribution in [1.29, 1.82) is 0 Å². The largest absolute Gasteiger partial charge is 0.493 e. The smallest absolute Gasteiger partial charge is 0.179 e. The van der Waals surface area contributed by atoms with Crippen molar-refractivity contribution >= 4 is 11.6 Å². The first-order valence-corrected chi connectivity index (χ1v) is 5.54. The van der Waals surface area contributed by atoms with E-state index in [1.165, 1.54) is 0 Å². The first kappa shape index (κ1) is 16.5. The second-order valence-electron chi connectivity index (χ2n) is 1.98. The van der Waals surface area contributed by atoms with Gasteiger partial charge in [0.05, 0.1) is 19.2 Å². The molecule has 1 aromatic carbocycles. The number of hydrogen-bond donors (Lipinski definition) is 0. The van der Waals surface area contributed by atoms with Gasteiger partial charge in [0.1, 0.15) is 0 Å². The fourth-order valence-electron chi connectivity index (χ4n) is 0.848. The lowest BCUT2D eigenvalue weighted by atomic mass is 10.3. The van der Waals surface area contributed by atoms with Crippen molar-refractivity contribution in [2.75, 3.05) is 14.2 Å². The molecule has 1 rings (SSSR count). The van der Waals surface area contributed by atoms with Crippen molar-refractivity contribution in [3.63, 3.8) is 0 Å². The molecular formula is C12H21ClO2. The molecule has 0 bridgehead atoms. The van der Waals surface area contributed by atoms with Gasteiger partial charge in [-0.2, -0.15) is 0 Å². The van der Waals surface area contributed by atoms with Gasteiger partial charge in [-0.15, -0.1) is 0 Å². The number of para-hydroxylation sites is 1. The summed E-state index contributed by atoms with van der Waals surface area (Å²) in [4.78, 5) is 0. The van der Waals surface area contributed by atoms with E-state index < -0.39 is 0 Å². The summed E-state index contributed by atoms with van der Waals surface area (Å²) in [5.41, 5.74) is 0. The fraction of sp³-hybridized carbons (Fsp3) is 0.500. The van der Waals surface area contributed by atoms with E-state index in [0.29, 0.717) is 16.5 Å². The summed E-state index contributed by atoms with van der Waals surface area (Å²) >= 11 is 5.80. The summed E-state index contributed by atoms with van der Waals surface area (Å²) in [5, 5.41) is 0.562. The molecule has 0 radical (unpaired) electrons. The molecule has 0 saturated carbocycles. The van der Waals surface area contributed by atoms with E-state index in [9.17, 15) is 0 Å². The molecule has 1 aromatic rings. The summed E-state index contributed by atoms with van der Waals surface area (Å²) in [7, 11) is 3.14. The Bertz CT molecular complexity index is 249. The lowest BCUT2D eigenvalue weighted by Gasteiger charge is -2.07. The minimum atomic E-state index is 0.562. The van der Waals surface area contributed by atoms with E-state index in [4.69, 9.17) is 21.1 Å². The van der Waals surface area contributed by atoms with Crippen LogP contribution in [0.15, 0.2) is 18.2 Å². The van der Waals surface area contributed by atoms with Gasteiger partial charge in [0.15, 0.2) is 11.5 Å². The first-order chi connectivity index (χ1) is 7.29. The third-order valence-electron chi connectivity index (χ3n) is 1.35. The van der Waals surface area contributed by atoms with Crippen molar-refractivity contribution in [3.8, 4) is 11.5 Å². The summed E-state index contributed by atoms with van der Waals surface area (Å²) in [5.74, 6) is 1.23. The second-order valence-corrected chi connectivity index (χ2v) is 2.38. The number of benzene rings is 1. The van der Waals surface area contributed by atoms with Gasteiger partial charge in [0.25, 0.3) is 0 Å². The highest BCUT2D eigenvalue weighted by Crippen LogP contribution is 2.33. The van der Waals surface area contributed by atoms with Gasteiger partial charge in [0, 0.05) is 0 Å². The summed E-state index contributed by atoms with van der Waals surface area (Å²) in [6, 6.07) is 5.36. The molecule has 0 aliphatic heterocycles. The second kappa shape index (κ2) is 11.2. The van der Waals surface area contributed by atoms with Crippen LogP contribution in [0.3, 0.4) is 0 Å². The summed E-state index contributed by atoms with van der Waals surface area (Å²) < 4.78 is 10.0. The van der Waals surface area contributed by atoms with E-state index >= 15 is 0 Å². The highest BCUT2D eigenvalue weighted by Gasteiger charge is 2.05. The van der Waals surface area contributed by atoms with E-state index in [1.54, 1.807) is 26.4 Å². The quantitative estimate of drug-likeness (QED) is 0.752. The zero-order valence-corrected chi connectivity index (χ0v) is 11.2. The monoisotopic (exact) mass is 232 g/mol. The number of rotatable bonds is 2. The minimum absolute atomic E-state index is 0.562. The van der Waals surface area contributed by atoms with Crippen molar-refractivity contribution in [2.24, 2.45) is 0 Å². The highest BCUT2D eigenvalue weighted by atomic mass is 35.5. The molecule has 0 heterocycles. The van der Waals surface area contributed by atoms with Gasteiger partial charge in [0.2, 0.25) is 0 Å². The van der Waals surface area contributed by atoms with Gasteiger partial charge >= 0.3 is 0 Å². The summed E-state index contributed by atoms with van der Waals surface area (Å²) in [6.07, 6.45) is 0. The molecule has 0 amide bonds. The van der Waals surface area contributed by atoms with Crippen LogP contribution in [0.25, 0.3) is 0 Å². The minimum Gasteiger partial charge on any atom is -0.493 e. The molecule has 0 aliphatic rings. The van der Waals surface area contributed by atoms with Crippen LogP contribution in [0.1, 0.15) is 27.7 Å². The highest BCUT2D eigenvalue weighted by molar-refractivity contribution is 6.32. The maximum atomic E-state index is 5.80. The van der Waals surface area contributed by atoms with Gasteiger partial charge in [-0.25, -0.2) is 0 Å². The Hall–Kier alpha value is -0.890. The van der Waals surface area contributed by atoms with E-state index in [0.717, 1.165) is 0 Å². The topological polar surface area (TPSA) is 18.5 Å². The van der Waals surface area contributed by atoms with Crippen LogP contribution in [0.4, 0.5) is 0 Å². The van der Waals surface area contributed by atoms with Crippen molar-refractivity contribution < 1.29 is 9.47 Å². The summed E-state index contributed by atoms with van der Waals surface area (Å²) in [6.45, 7) is 8.00. The number of ether oxygens (including phenoxy) is 2. The molecule has 0 aliphatic carbocycles. The van der Waals surface area contributed by atoms with E-state index in [-0.39, 0.29) is 0 Å². The van der Waals surface area contributed by atoms with Gasteiger partial charge < -0.3 is 9.47 Å². The molecule has 15 heavy (non-hydrogen) atoms. The lowest BCUT2D eigenvalue weighted by molar-refractivity contribution is 0.355. The SMILES string of the molecule is CC.CC.COc1cccc(Cl)c1OC. The van der Waals surface area contributed by atoms with Crippen LogP contribution in [0.5, 0.6) is 11.5 Å². The molecule has 3 heteroatoms. The van der Waals surface area contributed by atoms with Crippen molar-refractivity contribution in [2.45, 2.75) is 27.7 Å². The molecular weight excluding hydrogens is 212 g/mol. The van der Waals surface area contributed by atoms with Gasteiger partial charge in [-0.1, -0.05) is 45.4 Å². The Morgan fingerprint density at radius 1 is 0.933 bits per heavy atom. The molecule has 0 unspecified atom stereocenters. The maximum Gasteiger partial charge on any atom is 0.179 e. The molecule has 88 valence electrons. The average molecular weight is 233 g/mol. The van der Waals surface area contributed by atoms with E-state index in [2.05, 4.69) is 0 Å². The fourth-order valence-corrected chi connectivity index (χ4v) is 1.09. The van der Waals surface area contributed by atoms with Crippen LogP contribution in [0.2, 0.25) is 5.02 Å². The standard InChI is InChI=1S/C8H9ClO2.2C2H6/c1-10-7-5-3-4-6(9)8(7)11-2;2*1-2/h3-5H,1-2H3;2*1-2H3. The zero-order chi connectivity index (χ0) is 12.3. The lowest BCUT2D eigenvalue weighted by Crippen LogP contribution is -1.89.